The largest absolute Gasteiger partial charge is 0.346 e. The van der Waals surface area contributed by atoms with Crippen LogP contribution in [-0.2, 0) is 4.79 Å². The smallest absolute Gasteiger partial charge is 0.275 e. The number of rotatable bonds is 2. The van der Waals surface area contributed by atoms with Gasteiger partial charge in [-0.1, -0.05) is 0 Å². The molecule has 3 heterocycles. The fraction of sp³-hybridized carbons (Fsp3) is 0. The van der Waals surface area contributed by atoms with Crippen LogP contribution in [0.5, 0.6) is 0 Å². The molecule has 0 aliphatic carbocycles. The number of aromatic amines is 1. The van der Waals surface area contributed by atoms with Crippen molar-refractivity contribution >= 4 is 34.5 Å². The van der Waals surface area contributed by atoms with Gasteiger partial charge < -0.3 is 10.3 Å². The van der Waals surface area contributed by atoms with Gasteiger partial charge in [0.2, 0.25) is 0 Å². The molecule has 1 amide bonds. The Kier molecular flexibility index (Phi) is 3.31. The molecule has 3 aromatic rings. The van der Waals surface area contributed by atoms with Gasteiger partial charge in [-0.05, 0) is 42.5 Å². The van der Waals surface area contributed by atoms with Crippen molar-refractivity contribution in [3.8, 4) is 0 Å². The lowest BCUT2D eigenvalue weighted by atomic mass is 10.1. The third-order valence-electron chi connectivity index (χ3n) is 3.66. The van der Waals surface area contributed by atoms with Gasteiger partial charge >= 0.3 is 0 Å². The van der Waals surface area contributed by atoms with Crippen LogP contribution in [0.4, 0.5) is 10.1 Å². The number of hydrazone groups is 1. The predicted molar refractivity (Wildman–Crippen MR) is 89.7 cm³/mol. The van der Waals surface area contributed by atoms with E-state index in [1.165, 1.54) is 12.1 Å². The first-order valence-corrected chi connectivity index (χ1v) is 7.25. The second-order valence-electron chi connectivity index (χ2n) is 5.23. The fourth-order valence-electron chi connectivity index (χ4n) is 2.49. The van der Waals surface area contributed by atoms with Crippen molar-refractivity contribution in [1.82, 2.24) is 15.4 Å². The average molecular weight is 321 g/mol. The number of benzene rings is 1. The van der Waals surface area contributed by atoms with Crippen molar-refractivity contribution in [2.45, 2.75) is 0 Å². The number of carbonyl (C=O) groups is 1. The van der Waals surface area contributed by atoms with Gasteiger partial charge in [-0.15, -0.1) is 0 Å². The number of hydrogen-bond donors (Lipinski definition) is 3. The van der Waals surface area contributed by atoms with E-state index in [4.69, 9.17) is 0 Å². The number of halogens is 1. The number of pyridine rings is 1. The molecule has 7 heteroatoms. The van der Waals surface area contributed by atoms with Crippen molar-refractivity contribution in [2.75, 3.05) is 5.32 Å². The second kappa shape index (κ2) is 5.62. The molecule has 0 bridgehead atoms. The number of hydrogen-bond acceptors (Lipinski definition) is 4. The zero-order valence-electron chi connectivity index (χ0n) is 12.4. The van der Waals surface area contributed by atoms with Crippen LogP contribution in [0.3, 0.4) is 0 Å². The van der Waals surface area contributed by atoms with Crippen LogP contribution in [-0.4, -0.2) is 21.7 Å². The SMILES string of the molecule is O=C1NN=C(Nc2ccc(F)cc2)/C1=C/c1c[nH]c2ncccc12. The lowest BCUT2D eigenvalue weighted by Crippen LogP contribution is -2.17. The highest BCUT2D eigenvalue weighted by molar-refractivity contribution is 6.30. The van der Waals surface area contributed by atoms with Crippen LogP contribution < -0.4 is 10.7 Å². The summed E-state index contributed by atoms with van der Waals surface area (Å²) >= 11 is 0. The molecule has 4 rings (SSSR count). The van der Waals surface area contributed by atoms with Crippen LogP contribution in [0.1, 0.15) is 5.56 Å². The third kappa shape index (κ3) is 2.52. The van der Waals surface area contributed by atoms with E-state index in [1.807, 2.05) is 12.1 Å². The Morgan fingerprint density at radius 2 is 2.00 bits per heavy atom. The van der Waals surface area contributed by atoms with Gasteiger partial charge in [0.25, 0.3) is 5.91 Å². The van der Waals surface area contributed by atoms with E-state index in [2.05, 4.69) is 25.8 Å². The van der Waals surface area contributed by atoms with E-state index in [-0.39, 0.29) is 11.7 Å². The Morgan fingerprint density at radius 3 is 2.83 bits per heavy atom. The summed E-state index contributed by atoms with van der Waals surface area (Å²) in [6.07, 6.45) is 5.21. The maximum Gasteiger partial charge on any atom is 0.275 e. The number of nitrogens with one attached hydrogen (secondary N) is 3. The van der Waals surface area contributed by atoms with Crippen molar-refractivity contribution < 1.29 is 9.18 Å². The van der Waals surface area contributed by atoms with Gasteiger partial charge in [-0.2, -0.15) is 5.10 Å². The van der Waals surface area contributed by atoms with Gasteiger partial charge in [-0.3, -0.25) is 4.79 Å². The summed E-state index contributed by atoms with van der Waals surface area (Å²) in [6, 6.07) is 9.58. The number of anilines is 1. The summed E-state index contributed by atoms with van der Waals surface area (Å²) in [5, 5.41) is 7.92. The van der Waals surface area contributed by atoms with E-state index in [0.717, 1.165) is 16.6 Å². The molecule has 3 N–H and O–H groups in total. The minimum absolute atomic E-state index is 0.308. The number of carbonyl (C=O) groups excluding carboxylic acids is 1. The minimum Gasteiger partial charge on any atom is -0.346 e. The number of H-pyrrole nitrogens is 1. The molecule has 6 nitrogen and oxygen atoms in total. The molecule has 0 unspecified atom stereocenters. The highest BCUT2D eigenvalue weighted by Crippen LogP contribution is 2.21. The van der Waals surface area contributed by atoms with Crippen molar-refractivity contribution in [3.63, 3.8) is 0 Å². The summed E-state index contributed by atoms with van der Waals surface area (Å²) in [5.41, 5.74) is 5.04. The van der Waals surface area contributed by atoms with Crippen molar-refractivity contribution in [3.05, 3.63) is 65.7 Å². The standard InChI is InChI=1S/C17H12FN5O/c18-11-3-5-12(6-4-11)21-16-14(17(24)23-22-16)8-10-9-20-15-13(10)2-1-7-19-15/h1-9H,(H,19,20)(H,21,22)(H,23,24)/b14-8-. The summed E-state index contributed by atoms with van der Waals surface area (Å²) in [5.74, 6) is -0.257. The zero-order chi connectivity index (χ0) is 16.5. The van der Waals surface area contributed by atoms with E-state index < -0.39 is 0 Å². The molecule has 24 heavy (non-hydrogen) atoms. The Morgan fingerprint density at radius 1 is 1.17 bits per heavy atom. The van der Waals surface area contributed by atoms with Crippen LogP contribution >= 0.6 is 0 Å². The molecule has 0 fully saturated rings. The first kappa shape index (κ1) is 14.1. The highest BCUT2D eigenvalue weighted by Gasteiger charge is 2.23. The Bertz CT molecular complexity index is 988. The molecule has 0 radical (unpaired) electrons. The summed E-state index contributed by atoms with van der Waals surface area (Å²) in [4.78, 5) is 19.4. The monoisotopic (exact) mass is 321 g/mol. The van der Waals surface area contributed by atoms with Gasteiger partial charge in [0, 0.05) is 29.0 Å². The van der Waals surface area contributed by atoms with E-state index in [0.29, 0.717) is 17.1 Å². The predicted octanol–water partition coefficient (Wildman–Crippen LogP) is 2.64. The summed E-state index contributed by atoms with van der Waals surface area (Å²) < 4.78 is 13.0. The molecule has 2 aromatic heterocycles. The molecule has 0 atom stereocenters. The fourth-order valence-corrected chi connectivity index (χ4v) is 2.49. The van der Waals surface area contributed by atoms with Crippen molar-refractivity contribution in [1.29, 1.82) is 0 Å². The maximum absolute atomic E-state index is 13.0. The highest BCUT2D eigenvalue weighted by atomic mass is 19.1. The number of amidine groups is 1. The van der Waals surface area contributed by atoms with Crippen LogP contribution in [0, 0.1) is 5.82 Å². The summed E-state index contributed by atoms with van der Waals surface area (Å²) in [6.45, 7) is 0. The lowest BCUT2D eigenvalue weighted by Gasteiger charge is -2.05. The molecule has 1 aromatic carbocycles. The van der Waals surface area contributed by atoms with Crippen LogP contribution in [0.15, 0.2) is 59.5 Å². The van der Waals surface area contributed by atoms with Crippen LogP contribution in [0.25, 0.3) is 17.1 Å². The van der Waals surface area contributed by atoms with E-state index in [9.17, 15) is 9.18 Å². The molecule has 1 aliphatic rings. The molecular weight excluding hydrogens is 309 g/mol. The molecule has 0 saturated carbocycles. The average Bonchev–Trinajstić information content (AvgIpc) is 3.16. The molecule has 1 aliphatic heterocycles. The first-order chi connectivity index (χ1) is 11.7. The third-order valence-corrected chi connectivity index (χ3v) is 3.66. The van der Waals surface area contributed by atoms with Gasteiger partial charge in [0.1, 0.15) is 11.5 Å². The number of aromatic nitrogens is 2. The Hall–Kier alpha value is -3.48. The minimum atomic E-state index is -0.329. The van der Waals surface area contributed by atoms with Gasteiger partial charge in [0.05, 0.1) is 5.57 Å². The molecule has 0 saturated heterocycles. The lowest BCUT2D eigenvalue weighted by molar-refractivity contribution is -0.116. The molecule has 0 spiro atoms. The van der Waals surface area contributed by atoms with Gasteiger partial charge in [0.15, 0.2) is 5.84 Å². The topological polar surface area (TPSA) is 82.2 Å². The number of amides is 1. The Balaban J connectivity index is 1.68. The number of nitrogens with zero attached hydrogens (tertiary/aromatic N) is 2. The molecular formula is C17H12FN5O. The molecule has 118 valence electrons. The van der Waals surface area contributed by atoms with Crippen molar-refractivity contribution in [2.24, 2.45) is 5.10 Å². The number of fused-ring (bicyclic) bond motifs is 1. The second-order valence-corrected chi connectivity index (χ2v) is 5.23. The normalized spacial score (nSPS) is 15.6. The van der Waals surface area contributed by atoms with Gasteiger partial charge in [-0.25, -0.2) is 14.8 Å². The van der Waals surface area contributed by atoms with E-state index >= 15 is 0 Å². The quantitative estimate of drug-likeness (QED) is 0.635. The summed E-state index contributed by atoms with van der Waals surface area (Å²) in [7, 11) is 0. The first-order valence-electron chi connectivity index (χ1n) is 7.25. The van der Waals surface area contributed by atoms with Crippen LogP contribution in [0.2, 0.25) is 0 Å². The Labute approximate surface area is 136 Å². The maximum atomic E-state index is 13.0. The van der Waals surface area contributed by atoms with E-state index in [1.54, 1.807) is 30.6 Å². The zero-order valence-corrected chi connectivity index (χ0v) is 12.4.